The molecule has 2 N–H and O–H groups in total. The molecule has 1 radical (unpaired) electrons. The average Bonchev–Trinajstić information content (AvgIpc) is 2.19. The first-order chi connectivity index (χ1) is 3.93. The van der Waals surface area contributed by atoms with E-state index in [9.17, 15) is 0 Å². The molecule has 0 spiro atoms. The quantitative estimate of drug-likeness (QED) is 0.586. The molecule has 1 aromatic heterocycles. The molecule has 0 aromatic carbocycles. The van der Waals surface area contributed by atoms with Gasteiger partial charge in [0.25, 0.3) is 0 Å². The number of nitrogens with one attached hydrogen (secondary N) is 2. The van der Waals surface area contributed by atoms with Crippen molar-refractivity contribution in [3.05, 3.63) is 12.5 Å². The lowest BCUT2D eigenvalue weighted by molar-refractivity contribution is 1.18. The van der Waals surface area contributed by atoms with E-state index in [0.717, 1.165) is 12.4 Å². The van der Waals surface area contributed by atoms with Crippen LogP contribution in [0.25, 0.3) is 0 Å². The predicted octanol–water partition coefficient (Wildman–Crippen LogP) is 0.642. The highest BCUT2D eigenvalue weighted by Crippen LogP contribution is 1.94. The second-order valence-corrected chi connectivity index (χ2v) is 1.43. The van der Waals surface area contributed by atoms with Crippen LogP contribution in [-0.4, -0.2) is 16.5 Å². The fourth-order valence-corrected chi connectivity index (χ4v) is 0.497. The van der Waals surface area contributed by atoms with Gasteiger partial charge in [-0.15, -0.1) is 0 Å². The maximum atomic E-state index is 3.81. The molecule has 3 nitrogen and oxygen atoms in total. The number of nitrogens with zero attached hydrogens (tertiary/aromatic N) is 1. The van der Waals surface area contributed by atoms with Gasteiger partial charge in [0.1, 0.15) is 5.82 Å². The van der Waals surface area contributed by atoms with E-state index in [2.05, 4.69) is 21.6 Å². The molecule has 0 bridgehead atoms. The van der Waals surface area contributed by atoms with Gasteiger partial charge in [-0.3, -0.25) is 0 Å². The van der Waals surface area contributed by atoms with Crippen LogP contribution in [0.1, 0.15) is 6.92 Å². The Morgan fingerprint density at radius 2 is 2.88 bits per heavy atom. The maximum Gasteiger partial charge on any atom is 0.175 e. The summed E-state index contributed by atoms with van der Waals surface area (Å²) >= 11 is 0. The Kier molecular flexibility index (Phi) is 1.51. The number of H-pyrrole nitrogens is 1. The Labute approximate surface area is 48.1 Å². The summed E-state index contributed by atoms with van der Waals surface area (Å²) in [5.41, 5.74) is 0. The van der Waals surface area contributed by atoms with Crippen molar-refractivity contribution in [1.82, 2.24) is 9.97 Å². The largest absolute Gasteiger partial charge is 0.369 e. The van der Waals surface area contributed by atoms with Crippen LogP contribution < -0.4 is 5.32 Å². The number of hydrogen-bond donors (Lipinski definition) is 2. The van der Waals surface area contributed by atoms with Crippen molar-refractivity contribution >= 4 is 5.82 Å². The fraction of sp³-hybridized carbons (Fsp3) is 0.400. The van der Waals surface area contributed by atoms with E-state index in [1.165, 1.54) is 0 Å². The molecular weight excluding hydrogens is 102 g/mol. The highest BCUT2D eigenvalue weighted by atomic mass is 15.0. The summed E-state index contributed by atoms with van der Waals surface area (Å²) in [7, 11) is 0. The first kappa shape index (κ1) is 5.15. The minimum Gasteiger partial charge on any atom is -0.369 e. The summed E-state index contributed by atoms with van der Waals surface area (Å²) < 4.78 is 0. The van der Waals surface area contributed by atoms with Crippen LogP contribution in [0.15, 0.2) is 6.20 Å². The molecule has 8 heavy (non-hydrogen) atoms. The summed E-state index contributed by atoms with van der Waals surface area (Å²) in [6.07, 6.45) is 4.34. The van der Waals surface area contributed by atoms with Crippen LogP contribution in [-0.2, 0) is 0 Å². The van der Waals surface area contributed by atoms with Crippen LogP contribution in [0, 0.1) is 6.33 Å². The molecule has 1 rings (SSSR count). The van der Waals surface area contributed by atoms with Crippen LogP contribution in [0.5, 0.6) is 0 Å². The Balaban J connectivity index is 2.50. The lowest BCUT2D eigenvalue weighted by atomic mass is 10.7. The van der Waals surface area contributed by atoms with Crippen molar-refractivity contribution in [2.45, 2.75) is 6.92 Å². The van der Waals surface area contributed by atoms with Gasteiger partial charge in [0.15, 0.2) is 6.33 Å². The van der Waals surface area contributed by atoms with Crippen molar-refractivity contribution < 1.29 is 0 Å². The Morgan fingerprint density at radius 1 is 2.00 bits per heavy atom. The summed E-state index contributed by atoms with van der Waals surface area (Å²) in [4.78, 5) is 6.53. The standard InChI is InChI=1S/C5H8N3/c1-2-7-5-3-6-4-8-5/h3,7H,2H2,1H3,(H,6,8). The third-order valence-corrected chi connectivity index (χ3v) is 0.808. The number of imidazole rings is 1. The zero-order valence-corrected chi connectivity index (χ0v) is 4.73. The molecule has 0 unspecified atom stereocenters. The first-order valence-corrected chi connectivity index (χ1v) is 2.59. The summed E-state index contributed by atoms with van der Waals surface area (Å²) in [6, 6.07) is 0. The molecule has 43 valence electrons. The van der Waals surface area contributed by atoms with E-state index in [1.54, 1.807) is 6.20 Å². The lowest BCUT2D eigenvalue weighted by Gasteiger charge is -1.91. The molecule has 0 aliphatic heterocycles. The zero-order chi connectivity index (χ0) is 5.82. The van der Waals surface area contributed by atoms with Gasteiger partial charge in [-0.05, 0) is 6.92 Å². The highest BCUT2D eigenvalue weighted by molar-refractivity contribution is 5.29. The first-order valence-electron chi connectivity index (χ1n) is 2.59. The van der Waals surface area contributed by atoms with Gasteiger partial charge in [0, 0.05) is 12.7 Å². The van der Waals surface area contributed by atoms with E-state index in [-0.39, 0.29) is 0 Å². The molecule has 1 aromatic rings. The number of hydrogen-bond acceptors (Lipinski definition) is 2. The van der Waals surface area contributed by atoms with Crippen molar-refractivity contribution in [2.75, 3.05) is 11.9 Å². The van der Waals surface area contributed by atoms with Crippen molar-refractivity contribution in [3.8, 4) is 0 Å². The van der Waals surface area contributed by atoms with Crippen molar-refractivity contribution in [3.63, 3.8) is 0 Å². The van der Waals surface area contributed by atoms with Crippen molar-refractivity contribution in [2.24, 2.45) is 0 Å². The van der Waals surface area contributed by atoms with E-state index >= 15 is 0 Å². The third kappa shape index (κ3) is 0.992. The molecule has 0 fully saturated rings. The summed E-state index contributed by atoms with van der Waals surface area (Å²) in [6.45, 7) is 2.92. The van der Waals surface area contributed by atoms with Gasteiger partial charge < -0.3 is 10.3 Å². The molecular formula is C5H8N3. The van der Waals surface area contributed by atoms with E-state index < -0.39 is 0 Å². The number of aromatic nitrogens is 2. The van der Waals surface area contributed by atoms with Gasteiger partial charge in [-0.25, -0.2) is 4.98 Å². The highest BCUT2D eigenvalue weighted by Gasteiger charge is 1.85. The molecule has 3 heteroatoms. The Morgan fingerprint density at radius 3 is 3.38 bits per heavy atom. The Bertz CT molecular complexity index is 133. The molecule has 0 saturated heterocycles. The summed E-state index contributed by atoms with van der Waals surface area (Å²) in [5.74, 6) is 0.854. The van der Waals surface area contributed by atoms with Gasteiger partial charge in [0.2, 0.25) is 0 Å². The van der Waals surface area contributed by atoms with Crippen molar-refractivity contribution in [1.29, 1.82) is 0 Å². The number of rotatable bonds is 2. The number of aromatic amines is 1. The van der Waals surface area contributed by atoms with E-state index in [1.807, 2.05) is 6.92 Å². The second kappa shape index (κ2) is 2.35. The topological polar surface area (TPSA) is 40.7 Å². The zero-order valence-electron chi connectivity index (χ0n) is 4.73. The lowest BCUT2D eigenvalue weighted by Crippen LogP contribution is -1.95. The predicted molar refractivity (Wildman–Crippen MR) is 31.6 cm³/mol. The van der Waals surface area contributed by atoms with Crippen LogP contribution in [0.2, 0.25) is 0 Å². The van der Waals surface area contributed by atoms with Gasteiger partial charge >= 0.3 is 0 Å². The van der Waals surface area contributed by atoms with Crippen LogP contribution >= 0.6 is 0 Å². The SMILES string of the molecule is CCNc1c[nH][c]n1. The third-order valence-electron chi connectivity index (χ3n) is 0.808. The summed E-state index contributed by atoms with van der Waals surface area (Å²) in [5, 5.41) is 3.01. The monoisotopic (exact) mass is 110 g/mol. The van der Waals surface area contributed by atoms with Crippen LogP contribution in [0.4, 0.5) is 5.82 Å². The molecule has 0 saturated carbocycles. The number of anilines is 1. The van der Waals surface area contributed by atoms with Crippen LogP contribution in [0.3, 0.4) is 0 Å². The molecule has 0 atom stereocenters. The minimum atomic E-state index is 0.854. The van der Waals surface area contributed by atoms with E-state index in [4.69, 9.17) is 0 Å². The van der Waals surface area contributed by atoms with E-state index in [0.29, 0.717) is 0 Å². The average molecular weight is 110 g/mol. The molecule has 0 aliphatic rings. The van der Waals surface area contributed by atoms with Gasteiger partial charge in [-0.2, -0.15) is 0 Å². The molecule has 1 heterocycles. The molecule has 0 aliphatic carbocycles. The maximum absolute atomic E-state index is 3.81. The Hall–Kier alpha value is -0.990. The van der Waals surface area contributed by atoms with Gasteiger partial charge in [-0.1, -0.05) is 0 Å². The molecule has 0 amide bonds. The smallest absolute Gasteiger partial charge is 0.175 e. The minimum absolute atomic E-state index is 0.854. The second-order valence-electron chi connectivity index (χ2n) is 1.43. The fourth-order valence-electron chi connectivity index (χ4n) is 0.497. The van der Waals surface area contributed by atoms with Gasteiger partial charge in [0.05, 0.1) is 0 Å². The normalized spacial score (nSPS) is 9.12.